The van der Waals surface area contributed by atoms with Gasteiger partial charge in [-0.25, -0.2) is 0 Å². The van der Waals surface area contributed by atoms with Gasteiger partial charge in [-0.1, -0.05) is 6.07 Å². The van der Waals surface area contributed by atoms with Crippen molar-refractivity contribution < 1.29 is 23.7 Å². The maximum absolute atomic E-state index is 12.8. The first-order valence-electron chi connectivity index (χ1n) is 8.86. The van der Waals surface area contributed by atoms with E-state index in [-0.39, 0.29) is 12.7 Å². The van der Waals surface area contributed by atoms with Crippen LogP contribution in [0.1, 0.15) is 34.7 Å². The van der Waals surface area contributed by atoms with E-state index in [2.05, 4.69) is 12.1 Å². The largest absolute Gasteiger partial charge is 0.454 e. The highest BCUT2D eigenvalue weighted by atomic mass is 16.7. The van der Waals surface area contributed by atoms with Gasteiger partial charge in [0.25, 0.3) is 5.91 Å². The van der Waals surface area contributed by atoms with E-state index in [1.54, 1.807) is 18.2 Å². The lowest BCUT2D eigenvalue weighted by Gasteiger charge is -2.32. The highest BCUT2D eigenvalue weighted by Gasteiger charge is 2.27. The topological polar surface area (TPSA) is 57.2 Å². The summed E-state index contributed by atoms with van der Waals surface area (Å²) >= 11 is 0. The minimum absolute atomic E-state index is 0.0486. The first-order chi connectivity index (χ1) is 12.8. The molecule has 134 valence electrons. The summed E-state index contributed by atoms with van der Waals surface area (Å²) in [6.07, 6.45) is 1.88. The molecule has 0 saturated carbocycles. The Balaban J connectivity index is 1.26. The number of fused-ring (bicyclic) bond motifs is 2. The van der Waals surface area contributed by atoms with Gasteiger partial charge in [-0.05, 0) is 54.7 Å². The van der Waals surface area contributed by atoms with Crippen molar-refractivity contribution in [2.45, 2.75) is 18.8 Å². The molecule has 0 spiro atoms. The Hall–Kier alpha value is -2.89. The fourth-order valence-corrected chi connectivity index (χ4v) is 3.80. The lowest BCUT2D eigenvalue weighted by atomic mass is 9.89. The van der Waals surface area contributed by atoms with Crippen molar-refractivity contribution in [3.05, 3.63) is 47.5 Å². The second kappa shape index (κ2) is 6.12. The Morgan fingerprint density at radius 1 is 0.808 bits per heavy atom. The van der Waals surface area contributed by atoms with Crippen LogP contribution in [0.15, 0.2) is 36.4 Å². The third kappa shape index (κ3) is 2.62. The number of carbonyl (C=O) groups excluding carboxylic acids is 1. The summed E-state index contributed by atoms with van der Waals surface area (Å²) in [7, 11) is 0. The highest BCUT2D eigenvalue weighted by Crippen LogP contribution is 2.38. The fourth-order valence-electron chi connectivity index (χ4n) is 3.80. The van der Waals surface area contributed by atoms with Gasteiger partial charge >= 0.3 is 0 Å². The molecule has 0 N–H and O–H groups in total. The van der Waals surface area contributed by atoms with E-state index in [1.807, 2.05) is 11.0 Å². The summed E-state index contributed by atoms with van der Waals surface area (Å²) in [5.41, 5.74) is 1.90. The Labute approximate surface area is 151 Å². The number of likely N-dealkylation sites (tertiary alicyclic amines) is 1. The van der Waals surface area contributed by atoms with Crippen LogP contribution in [0.2, 0.25) is 0 Å². The number of amides is 1. The van der Waals surface area contributed by atoms with E-state index in [9.17, 15) is 4.79 Å². The molecule has 2 aromatic carbocycles. The van der Waals surface area contributed by atoms with E-state index in [4.69, 9.17) is 18.9 Å². The SMILES string of the molecule is O=C(c1ccc2c(c1)OCO2)N1CCC(c2ccc3c(c2)OCO3)CC1. The van der Waals surface area contributed by atoms with Crippen molar-refractivity contribution in [3.63, 3.8) is 0 Å². The van der Waals surface area contributed by atoms with Gasteiger partial charge in [0, 0.05) is 18.7 Å². The Morgan fingerprint density at radius 3 is 2.15 bits per heavy atom. The molecule has 1 saturated heterocycles. The number of ether oxygens (including phenoxy) is 4. The van der Waals surface area contributed by atoms with Gasteiger partial charge in [0.15, 0.2) is 23.0 Å². The lowest BCUT2D eigenvalue weighted by Crippen LogP contribution is -2.37. The molecule has 0 aromatic heterocycles. The van der Waals surface area contributed by atoms with Crippen LogP contribution < -0.4 is 18.9 Å². The van der Waals surface area contributed by atoms with Crippen molar-refractivity contribution in [1.82, 2.24) is 4.90 Å². The van der Waals surface area contributed by atoms with Crippen molar-refractivity contribution in [2.75, 3.05) is 26.7 Å². The van der Waals surface area contributed by atoms with Crippen molar-refractivity contribution in [2.24, 2.45) is 0 Å². The third-order valence-electron chi connectivity index (χ3n) is 5.27. The van der Waals surface area contributed by atoms with Gasteiger partial charge < -0.3 is 23.8 Å². The van der Waals surface area contributed by atoms with Crippen molar-refractivity contribution >= 4 is 5.91 Å². The molecule has 6 nitrogen and oxygen atoms in total. The quantitative estimate of drug-likeness (QED) is 0.830. The standard InChI is InChI=1S/C20H19NO5/c22-20(15-2-4-17-19(10-15)26-12-24-17)21-7-5-13(6-8-21)14-1-3-16-18(9-14)25-11-23-16/h1-4,9-10,13H,5-8,11-12H2. The predicted molar refractivity (Wildman–Crippen MR) is 93.0 cm³/mol. The first-order valence-corrected chi connectivity index (χ1v) is 8.86. The van der Waals surface area contributed by atoms with Crippen LogP contribution in [0.25, 0.3) is 0 Å². The summed E-state index contributed by atoms with van der Waals surface area (Å²) < 4.78 is 21.5. The summed E-state index contributed by atoms with van der Waals surface area (Å²) in [5.74, 6) is 3.46. The van der Waals surface area contributed by atoms with Crippen LogP contribution in [-0.2, 0) is 0 Å². The number of carbonyl (C=O) groups is 1. The number of hydrogen-bond donors (Lipinski definition) is 0. The molecular weight excluding hydrogens is 334 g/mol. The molecule has 3 aliphatic heterocycles. The second-order valence-electron chi connectivity index (χ2n) is 6.75. The molecule has 26 heavy (non-hydrogen) atoms. The first kappa shape index (κ1) is 15.4. The van der Waals surface area contributed by atoms with Crippen LogP contribution in [0.3, 0.4) is 0 Å². The molecule has 6 heteroatoms. The molecule has 1 fully saturated rings. The molecule has 0 bridgehead atoms. The molecule has 3 aliphatic rings. The van der Waals surface area contributed by atoms with Gasteiger partial charge in [0.05, 0.1) is 0 Å². The number of benzene rings is 2. The van der Waals surface area contributed by atoms with E-state index in [1.165, 1.54) is 5.56 Å². The van der Waals surface area contributed by atoms with E-state index >= 15 is 0 Å². The van der Waals surface area contributed by atoms with Crippen molar-refractivity contribution in [1.29, 1.82) is 0 Å². The molecule has 0 unspecified atom stereocenters. The zero-order chi connectivity index (χ0) is 17.5. The number of nitrogens with zero attached hydrogens (tertiary/aromatic N) is 1. The smallest absolute Gasteiger partial charge is 0.253 e. The zero-order valence-corrected chi connectivity index (χ0v) is 14.3. The fraction of sp³-hybridized carbons (Fsp3) is 0.350. The van der Waals surface area contributed by atoms with Crippen LogP contribution >= 0.6 is 0 Å². The average Bonchev–Trinajstić information content (AvgIpc) is 3.35. The van der Waals surface area contributed by atoms with Gasteiger partial charge in [-0.3, -0.25) is 4.79 Å². The third-order valence-corrected chi connectivity index (χ3v) is 5.27. The summed E-state index contributed by atoms with van der Waals surface area (Å²) in [4.78, 5) is 14.7. The Kier molecular flexibility index (Phi) is 3.62. The molecule has 5 rings (SSSR count). The van der Waals surface area contributed by atoms with E-state index in [0.29, 0.717) is 29.8 Å². The van der Waals surface area contributed by atoms with Gasteiger partial charge in [0.1, 0.15) is 0 Å². The van der Waals surface area contributed by atoms with Crippen molar-refractivity contribution in [3.8, 4) is 23.0 Å². The molecule has 3 heterocycles. The summed E-state index contributed by atoms with van der Waals surface area (Å²) in [6.45, 7) is 1.99. The number of rotatable bonds is 2. The summed E-state index contributed by atoms with van der Waals surface area (Å²) in [6, 6.07) is 11.5. The number of hydrogen-bond acceptors (Lipinski definition) is 5. The number of piperidine rings is 1. The van der Waals surface area contributed by atoms with Crippen LogP contribution in [-0.4, -0.2) is 37.5 Å². The van der Waals surface area contributed by atoms with Gasteiger partial charge in [0.2, 0.25) is 13.6 Å². The normalized spacial score (nSPS) is 18.2. The molecule has 0 aliphatic carbocycles. The summed E-state index contributed by atoms with van der Waals surface area (Å²) in [5, 5.41) is 0. The highest BCUT2D eigenvalue weighted by molar-refractivity contribution is 5.95. The van der Waals surface area contributed by atoms with Gasteiger partial charge in [-0.15, -0.1) is 0 Å². The monoisotopic (exact) mass is 353 g/mol. The molecule has 0 radical (unpaired) electrons. The van der Waals surface area contributed by atoms with E-state index < -0.39 is 0 Å². The van der Waals surface area contributed by atoms with Crippen LogP contribution in [0.5, 0.6) is 23.0 Å². The zero-order valence-electron chi connectivity index (χ0n) is 14.3. The second-order valence-corrected chi connectivity index (χ2v) is 6.75. The average molecular weight is 353 g/mol. The minimum Gasteiger partial charge on any atom is -0.454 e. The maximum Gasteiger partial charge on any atom is 0.253 e. The molecule has 1 amide bonds. The van der Waals surface area contributed by atoms with E-state index in [0.717, 1.165) is 37.4 Å². The Morgan fingerprint density at radius 2 is 1.42 bits per heavy atom. The van der Waals surface area contributed by atoms with Crippen LogP contribution in [0.4, 0.5) is 0 Å². The predicted octanol–water partition coefficient (Wildman–Crippen LogP) is 3.16. The molecular formula is C20H19NO5. The maximum atomic E-state index is 12.8. The minimum atomic E-state index is 0.0486. The lowest BCUT2D eigenvalue weighted by molar-refractivity contribution is 0.0712. The Bertz CT molecular complexity index is 857. The molecule has 2 aromatic rings. The molecule has 0 atom stereocenters. The van der Waals surface area contributed by atoms with Crippen LogP contribution in [0, 0.1) is 0 Å². The van der Waals surface area contributed by atoms with Gasteiger partial charge in [-0.2, -0.15) is 0 Å².